The fourth-order valence-electron chi connectivity index (χ4n) is 2.95. The zero-order valence-corrected chi connectivity index (χ0v) is 19.6. The summed E-state index contributed by atoms with van der Waals surface area (Å²) in [6.45, 7) is 2.79. The monoisotopic (exact) mass is 464 g/mol. The standard InChI is InChI=1S/C22H28N2O7S/c1-15-8-6-7-9-18(15)24(32(5,27)28)14-21(25)31-16(2)22(26)23-13-17-10-11-19(29-3)20(12-17)30-4/h6-12,16H,13-14H2,1-5H3,(H,23,26). The van der Waals surface area contributed by atoms with Crippen LogP contribution in [0.3, 0.4) is 0 Å². The number of rotatable bonds is 10. The lowest BCUT2D eigenvalue weighted by molar-refractivity contribution is -0.153. The van der Waals surface area contributed by atoms with Gasteiger partial charge >= 0.3 is 5.97 Å². The smallest absolute Gasteiger partial charge is 0.327 e. The number of nitrogens with one attached hydrogen (secondary N) is 1. The third kappa shape index (κ3) is 6.61. The number of carbonyl (C=O) groups excluding carboxylic acids is 2. The molecule has 2 rings (SSSR count). The Balaban J connectivity index is 1.99. The van der Waals surface area contributed by atoms with E-state index in [1.165, 1.54) is 21.1 Å². The molecule has 0 saturated carbocycles. The predicted molar refractivity (Wildman–Crippen MR) is 120 cm³/mol. The van der Waals surface area contributed by atoms with E-state index in [0.717, 1.165) is 16.1 Å². The van der Waals surface area contributed by atoms with Crippen LogP contribution in [-0.4, -0.2) is 53.4 Å². The molecule has 10 heteroatoms. The van der Waals surface area contributed by atoms with Gasteiger partial charge in [0.1, 0.15) is 6.54 Å². The minimum Gasteiger partial charge on any atom is -0.493 e. The van der Waals surface area contributed by atoms with Crippen LogP contribution in [0.1, 0.15) is 18.1 Å². The molecular formula is C22H28N2O7S. The van der Waals surface area contributed by atoms with E-state index < -0.39 is 34.5 Å². The van der Waals surface area contributed by atoms with Crippen molar-refractivity contribution < 1.29 is 32.2 Å². The number of ether oxygens (including phenoxy) is 3. The van der Waals surface area contributed by atoms with Gasteiger partial charge in [0, 0.05) is 6.54 Å². The summed E-state index contributed by atoms with van der Waals surface area (Å²) in [6, 6.07) is 12.0. The summed E-state index contributed by atoms with van der Waals surface area (Å²) < 4.78 is 41.0. The average molecular weight is 465 g/mol. The molecule has 174 valence electrons. The summed E-state index contributed by atoms with van der Waals surface area (Å²) in [7, 11) is -0.701. The first-order valence-corrected chi connectivity index (χ1v) is 11.6. The first-order valence-electron chi connectivity index (χ1n) is 9.78. The molecule has 9 nitrogen and oxygen atoms in total. The van der Waals surface area contributed by atoms with Crippen molar-refractivity contribution in [3.05, 3.63) is 53.6 Å². The van der Waals surface area contributed by atoms with E-state index in [1.807, 2.05) is 0 Å². The molecule has 0 spiro atoms. The Labute approximate surface area is 188 Å². The maximum atomic E-state index is 12.4. The Hall–Kier alpha value is -3.27. The Bertz CT molecular complexity index is 1070. The molecule has 1 amide bonds. The molecule has 0 aliphatic carbocycles. The van der Waals surface area contributed by atoms with Gasteiger partial charge in [-0.2, -0.15) is 0 Å². The van der Waals surface area contributed by atoms with Gasteiger partial charge in [-0.15, -0.1) is 0 Å². The number of methoxy groups -OCH3 is 2. The third-order valence-electron chi connectivity index (χ3n) is 4.65. The molecular weight excluding hydrogens is 436 g/mol. The number of amides is 1. The van der Waals surface area contributed by atoms with Crippen LogP contribution in [0.4, 0.5) is 5.69 Å². The molecule has 0 aliphatic heterocycles. The number of para-hydroxylation sites is 1. The van der Waals surface area contributed by atoms with Crippen molar-refractivity contribution in [1.29, 1.82) is 0 Å². The molecule has 0 bridgehead atoms. The summed E-state index contributed by atoms with van der Waals surface area (Å²) in [5.74, 6) is -0.271. The Kier molecular flexibility index (Phi) is 8.48. The maximum Gasteiger partial charge on any atom is 0.327 e. The van der Waals surface area contributed by atoms with Gasteiger partial charge < -0.3 is 19.5 Å². The van der Waals surface area contributed by atoms with Gasteiger partial charge in [0.2, 0.25) is 10.0 Å². The SMILES string of the molecule is COc1ccc(CNC(=O)C(C)OC(=O)CN(c2ccccc2C)S(C)(=O)=O)cc1OC. The van der Waals surface area contributed by atoms with Gasteiger partial charge in [0.05, 0.1) is 26.2 Å². The molecule has 1 unspecified atom stereocenters. The maximum absolute atomic E-state index is 12.4. The number of sulfonamides is 1. The second kappa shape index (κ2) is 10.9. The molecule has 0 heterocycles. The van der Waals surface area contributed by atoms with Crippen molar-refractivity contribution >= 4 is 27.6 Å². The van der Waals surface area contributed by atoms with Gasteiger partial charge in [0.15, 0.2) is 17.6 Å². The molecule has 0 aliphatic rings. The minimum absolute atomic E-state index is 0.180. The topological polar surface area (TPSA) is 111 Å². The van der Waals surface area contributed by atoms with Crippen molar-refractivity contribution in [3.8, 4) is 11.5 Å². The molecule has 0 radical (unpaired) electrons. The number of hydrogen-bond acceptors (Lipinski definition) is 7. The average Bonchev–Trinajstić information content (AvgIpc) is 2.75. The number of hydrogen-bond donors (Lipinski definition) is 1. The normalized spacial score (nSPS) is 11.9. The van der Waals surface area contributed by atoms with Crippen LogP contribution in [0.15, 0.2) is 42.5 Å². The van der Waals surface area contributed by atoms with E-state index in [2.05, 4.69) is 5.32 Å². The zero-order valence-electron chi connectivity index (χ0n) is 18.7. The minimum atomic E-state index is -3.74. The van der Waals surface area contributed by atoms with Crippen LogP contribution < -0.4 is 19.1 Å². The van der Waals surface area contributed by atoms with Gasteiger partial charge in [-0.25, -0.2) is 8.42 Å². The van der Waals surface area contributed by atoms with E-state index in [9.17, 15) is 18.0 Å². The van der Waals surface area contributed by atoms with Gasteiger partial charge in [-0.3, -0.25) is 13.9 Å². The molecule has 1 N–H and O–H groups in total. The van der Waals surface area contributed by atoms with E-state index in [-0.39, 0.29) is 6.54 Å². The van der Waals surface area contributed by atoms with E-state index in [0.29, 0.717) is 22.7 Å². The van der Waals surface area contributed by atoms with Crippen LogP contribution in [0.25, 0.3) is 0 Å². The summed E-state index contributed by atoms with van der Waals surface area (Å²) in [5, 5.41) is 2.67. The summed E-state index contributed by atoms with van der Waals surface area (Å²) in [6.07, 6.45) is -0.104. The van der Waals surface area contributed by atoms with Crippen molar-refractivity contribution in [3.63, 3.8) is 0 Å². The highest BCUT2D eigenvalue weighted by Crippen LogP contribution is 2.27. The first kappa shape index (κ1) is 25.0. The van der Waals surface area contributed by atoms with Crippen molar-refractivity contribution in [2.24, 2.45) is 0 Å². The summed E-state index contributed by atoms with van der Waals surface area (Å²) >= 11 is 0. The molecule has 0 fully saturated rings. The molecule has 2 aromatic carbocycles. The number of anilines is 1. The highest BCUT2D eigenvalue weighted by Gasteiger charge is 2.25. The molecule has 2 aromatic rings. The number of aryl methyl sites for hydroxylation is 1. The Morgan fingerprint density at radius 3 is 2.31 bits per heavy atom. The number of carbonyl (C=O) groups is 2. The lowest BCUT2D eigenvalue weighted by Gasteiger charge is -2.24. The first-order chi connectivity index (χ1) is 15.1. The van der Waals surface area contributed by atoms with Gasteiger partial charge in [0.25, 0.3) is 5.91 Å². The lowest BCUT2D eigenvalue weighted by atomic mass is 10.2. The zero-order chi connectivity index (χ0) is 23.9. The fraction of sp³-hybridized carbons (Fsp3) is 0.364. The van der Waals surface area contributed by atoms with E-state index in [4.69, 9.17) is 14.2 Å². The van der Waals surface area contributed by atoms with E-state index in [1.54, 1.807) is 49.4 Å². The number of nitrogens with zero attached hydrogens (tertiary/aromatic N) is 1. The van der Waals surface area contributed by atoms with Crippen LogP contribution >= 0.6 is 0 Å². The van der Waals surface area contributed by atoms with Gasteiger partial charge in [-0.05, 0) is 43.2 Å². The molecule has 1 atom stereocenters. The third-order valence-corrected chi connectivity index (χ3v) is 5.78. The van der Waals surface area contributed by atoms with E-state index >= 15 is 0 Å². The Morgan fingerprint density at radius 1 is 1.06 bits per heavy atom. The second-order valence-electron chi connectivity index (χ2n) is 7.10. The van der Waals surface area contributed by atoms with Crippen LogP contribution in [0.5, 0.6) is 11.5 Å². The highest BCUT2D eigenvalue weighted by atomic mass is 32.2. The summed E-state index contributed by atoms with van der Waals surface area (Å²) in [5.41, 5.74) is 1.82. The Morgan fingerprint density at radius 2 is 1.72 bits per heavy atom. The lowest BCUT2D eigenvalue weighted by Crippen LogP contribution is -2.40. The van der Waals surface area contributed by atoms with Crippen molar-refractivity contribution in [1.82, 2.24) is 5.32 Å². The van der Waals surface area contributed by atoms with Gasteiger partial charge in [-0.1, -0.05) is 24.3 Å². The molecule has 0 saturated heterocycles. The highest BCUT2D eigenvalue weighted by molar-refractivity contribution is 7.92. The second-order valence-corrected chi connectivity index (χ2v) is 9.00. The fourth-order valence-corrected chi connectivity index (χ4v) is 3.86. The number of benzene rings is 2. The predicted octanol–water partition coefficient (Wildman–Crippen LogP) is 2.03. The van der Waals surface area contributed by atoms with Crippen LogP contribution in [-0.2, 0) is 30.9 Å². The molecule has 0 aromatic heterocycles. The summed E-state index contributed by atoms with van der Waals surface area (Å²) in [4.78, 5) is 24.7. The number of esters is 1. The van der Waals surface area contributed by atoms with Crippen LogP contribution in [0.2, 0.25) is 0 Å². The van der Waals surface area contributed by atoms with Crippen molar-refractivity contribution in [2.75, 3.05) is 31.3 Å². The van der Waals surface area contributed by atoms with Crippen LogP contribution in [0, 0.1) is 6.92 Å². The quantitative estimate of drug-likeness (QED) is 0.536. The molecule has 32 heavy (non-hydrogen) atoms. The van der Waals surface area contributed by atoms with Crippen molar-refractivity contribution in [2.45, 2.75) is 26.5 Å². The largest absolute Gasteiger partial charge is 0.493 e.